The van der Waals surface area contributed by atoms with Crippen LogP contribution in [0.15, 0.2) is 0 Å². The average molecular weight is 677 g/mol. The Morgan fingerprint density at radius 3 is 1.48 bits per heavy atom. The molecule has 0 aliphatic carbocycles. The second-order valence-electron chi connectivity index (χ2n) is 12.1. The highest BCUT2D eigenvalue weighted by atomic mass is 16.8. The maximum Gasteiger partial charge on any atom is 0.187 e. The minimum atomic E-state index is -1.91. The van der Waals surface area contributed by atoms with Gasteiger partial charge in [0.1, 0.15) is 79.4 Å². The van der Waals surface area contributed by atoms with E-state index in [0.717, 1.165) is 0 Å². The first kappa shape index (κ1) is 38.0. The average Bonchev–Trinajstić information content (AvgIpc) is 3.05. The molecule has 4 aliphatic heterocycles. The zero-order chi connectivity index (χ0) is 34.0. The Hall–Kier alpha value is -0.760. The van der Waals surface area contributed by atoms with Gasteiger partial charge in [-0.3, -0.25) is 0 Å². The zero-order valence-corrected chi connectivity index (χ0v) is 25.6. The molecule has 4 fully saturated rings. The van der Waals surface area contributed by atoms with Crippen LogP contribution in [-0.2, 0) is 37.9 Å². The van der Waals surface area contributed by atoms with E-state index in [4.69, 9.17) is 37.9 Å². The summed E-state index contributed by atoms with van der Waals surface area (Å²) in [6, 6.07) is 0. The van der Waals surface area contributed by atoms with Crippen molar-refractivity contribution in [3.63, 3.8) is 0 Å². The molecule has 0 spiro atoms. The van der Waals surface area contributed by atoms with Crippen molar-refractivity contribution in [2.75, 3.05) is 33.5 Å². The number of methoxy groups -OCH3 is 1. The van der Waals surface area contributed by atoms with Gasteiger partial charge in [0.2, 0.25) is 0 Å². The third-order valence-corrected chi connectivity index (χ3v) is 9.09. The fourth-order valence-electron chi connectivity index (χ4n) is 6.13. The molecule has 0 amide bonds. The summed E-state index contributed by atoms with van der Waals surface area (Å²) in [6.07, 6.45) is -27.5. The molecule has 4 heterocycles. The van der Waals surface area contributed by atoms with Gasteiger partial charge in [-0.15, -0.1) is 0 Å². The second kappa shape index (κ2) is 16.3. The lowest BCUT2D eigenvalue weighted by atomic mass is 9.91. The van der Waals surface area contributed by atoms with Crippen LogP contribution in [0.5, 0.6) is 0 Å². The van der Waals surface area contributed by atoms with E-state index in [1.165, 1.54) is 14.0 Å². The molecule has 270 valence electrons. The van der Waals surface area contributed by atoms with Crippen LogP contribution < -0.4 is 0 Å². The summed E-state index contributed by atoms with van der Waals surface area (Å²) in [7, 11) is 1.26. The maximum absolute atomic E-state index is 11.0. The van der Waals surface area contributed by atoms with Crippen molar-refractivity contribution in [2.24, 2.45) is 5.92 Å². The molecular formula is C27H48O19. The Bertz CT molecular complexity index is 927. The van der Waals surface area contributed by atoms with E-state index in [1.54, 1.807) is 6.92 Å². The highest BCUT2D eigenvalue weighted by Gasteiger charge is 2.53. The van der Waals surface area contributed by atoms with Crippen LogP contribution in [0, 0.1) is 5.92 Å². The fourth-order valence-corrected chi connectivity index (χ4v) is 6.13. The molecule has 11 N–H and O–H groups in total. The Kier molecular flexibility index (Phi) is 13.5. The summed E-state index contributed by atoms with van der Waals surface area (Å²) in [4.78, 5) is 0. The van der Waals surface area contributed by atoms with E-state index >= 15 is 0 Å². The highest BCUT2D eigenvalue weighted by Crippen LogP contribution is 2.34. The van der Waals surface area contributed by atoms with Gasteiger partial charge in [-0.25, -0.2) is 0 Å². The van der Waals surface area contributed by atoms with Gasteiger partial charge >= 0.3 is 0 Å². The number of aliphatic hydroxyl groups excluding tert-OH is 11. The van der Waals surface area contributed by atoms with Crippen LogP contribution >= 0.6 is 0 Å². The largest absolute Gasteiger partial charge is 0.394 e. The Morgan fingerprint density at radius 1 is 0.478 bits per heavy atom. The van der Waals surface area contributed by atoms with E-state index in [9.17, 15) is 56.2 Å². The first-order valence-electron chi connectivity index (χ1n) is 15.1. The minimum absolute atomic E-state index is 0.479. The van der Waals surface area contributed by atoms with Gasteiger partial charge in [-0.2, -0.15) is 0 Å². The van der Waals surface area contributed by atoms with Crippen molar-refractivity contribution in [3.8, 4) is 0 Å². The molecule has 8 unspecified atom stereocenters. The van der Waals surface area contributed by atoms with E-state index in [0.29, 0.717) is 0 Å². The summed E-state index contributed by atoms with van der Waals surface area (Å²) >= 11 is 0. The Balaban J connectivity index is 1.45. The Morgan fingerprint density at radius 2 is 0.913 bits per heavy atom. The summed E-state index contributed by atoms with van der Waals surface area (Å²) in [5, 5.41) is 114. The molecule has 19 nitrogen and oxygen atoms in total. The SMILES string of the molecule is CO[C@H]1C(CO)O[C@H](OCC2O[C@@H](C)C(O)[C@H](O)[C@H]2O[C@@H]2OC(CO)[C@H](O[C@@H]3OC(CO)[C@H](C)[C@@H](O)C3O)[C@@H](O)C2O)C(O)[C@@H]1O. The standard InChI is InChI=1S/C27H48O19/c1-8-10(4-28)42-26(19(36)14(8)31)45-23-12(6-30)44-27(21(38)18(23)35)46-24-13(41-9(2)15(32)16(24)33)7-40-25-20(37)17(34)22(39-3)11(5-29)43-25/h8-38H,4-7H2,1-3H3/t8-,9-,10?,11?,12?,13?,14+,15?,16-,17-,18-,19?,20?,21?,22-,23-,24-,25-,26-,27-/m0/s1. The van der Waals surface area contributed by atoms with E-state index in [-0.39, 0.29) is 0 Å². The first-order valence-corrected chi connectivity index (χ1v) is 15.1. The zero-order valence-electron chi connectivity index (χ0n) is 25.6. The van der Waals surface area contributed by atoms with Crippen molar-refractivity contribution in [1.29, 1.82) is 0 Å². The molecule has 4 rings (SSSR count). The molecule has 4 saturated heterocycles. The van der Waals surface area contributed by atoms with Crippen LogP contribution in [-0.4, -0.2) is 206 Å². The number of hydrogen-bond acceptors (Lipinski definition) is 19. The smallest absolute Gasteiger partial charge is 0.187 e. The van der Waals surface area contributed by atoms with Crippen molar-refractivity contribution < 1.29 is 94.1 Å². The van der Waals surface area contributed by atoms with Crippen LogP contribution in [0.3, 0.4) is 0 Å². The normalized spacial score (nSPS) is 52.0. The van der Waals surface area contributed by atoms with E-state index < -0.39 is 149 Å². The van der Waals surface area contributed by atoms with Gasteiger partial charge in [0.15, 0.2) is 18.9 Å². The predicted octanol–water partition coefficient (Wildman–Crippen LogP) is -6.75. The molecule has 0 bridgehead atoms. The quantitative estimate of drug-likeness (QED) is 0.0969. The topological polar surface area (TPSA) is 296 Å². The van der Waals surface area contributed by atoms with E-state index in [2.05, 4.69) is 0 Å². The number of rotatable bonds is 11. The molecule has 0 aromatic carbocycles. The summed E-state index contributed by atoms with van der Waals surface area (Å²) < 4.78 is 44.6. The lowest BCUT2D eigenvalue weighted by Crippen LogP contribution is -2.66. The molecule has 0 radical (unpaired) electrons. The van der Waals surface area contributed by atoms with Gasteiger partial charge < -0.3 is 94.1 Å². The summed E-state index contributed by atoms with van der Waals surface area (Å²) in [5.41, 5.74) is 0. The molecule has 4 aliphatic rings. The number of aliphatic hydroxyl groups is 11. The van der Waals surface area contributed by atoms with Crippen molar-refractivity contribution in [1.82, 2.24) is 0 Å². The van der Waals surface area contributed by atoms with Crippen LogP contribution in [0.1, 0.15) is 13.8 Å². The third-order valence-electron chi connectivity index (χ3n) is 9.09. The van der Waals surface area contributed by atoms with Gasteiger partial charge in [0, 0.05) is 13.0 Å². The van der Waals surface area contributed by atoms with Crippen LogP contribution in [0.2, 0.25) is 0 Å². The van der Waals surface area contributed by atoms with Gasteiger partial charge in [0.25, 0.3) is 0 Å². The molecule has 46 heavy (non-hydrogen) atoms. The first-order chi connectivity index (χ1) is 21.8. The van der Waals surface area contributed by atoms with Crippen molar-refractivity contribution >= 4 is 0 Å². The monoisotopic (exact) mass is 676 g/mol. The summed E-state index contributed by atoms with van der Waals surface area (Å²) in [6.45, 7) is 0.634. The van der Waals surface area contributed by atoms with E-state index in [1.807, 2.05) is 0 Å². The summed E-state index contributed by atoms with van der Waals surface area (Å²) in [5.74, 6) is -0.667. The van der Waals surface area contributed by atoms with Gasteiger partial charge in [-0.05, 0) is 6.92 Å². The van der Waals surface area contributed by atoms with Gasteiger partial charge in [0.05, 0.1) is 44.7 Å². The second-order valence-corrected chi connectivity index (χ2v) is 12.1. The molecule has 0 saturated carbocycles. The van der Waals surface area contributed by atoms with Crippen LogP contribution in [0.4, 0.5) is 0 Å². The lowest BCUT2D eigenvalue weighted by molar-refractivity contribution is -0.372. The fraction of sp³-hybridized carbons (Fsp3) is 1.00. The van der Waals surface area contributed by atoms with Crippen molar-refractivity contribution in [3.05, 3.63) is 0 Å². The van der Waals surface area contributed by atoms with Crippen molar-refractivity contribution in [2.45, 2.75) is 130 Å². The molecule has 20 atom stereocenters. The molecule has 0 aromatic heterocycles. The van der Waals surface area contributed by atoms with Crippen LogP contribution in [0.25, 0.3) is 0 Å². The lowest BCUT2D eigenvalue weighted by Gasteiger charge is -2.48. The maximum atomic E-state index is 11.0. The molecular weight excluding hydrogens is 628 g/mol. The Labute approximate surface area is 264 Å². The predicted molar refractivity (Wildman–Crippen MR) is 145 cm³/mol. The minimum Gasteiger partial charge on any atom is -0.394 e. The molecule has 0 aromatic rings. The van der Waals surface area contributed by atoms with Gasteiger partial charge in [-0.1, -0.05) is 6.92 Å². The highest BCUT2D eigenvalue weighted by molar-refractivity contribution is 4.97. The third kappa shape index (κ3) is 7.68. The molecule has 19 heteroatoms. The number of hydrogen-bond donors (Lipinski definition) is 11. The number of ether oxygens (including phenoxy) is 8.